The molecule has 2 N–H and O–H groups in total. The first-order valence-electron chi connectivity index (χ1n) is 10.1. The zero-order chi connectivity index (χ0) is 20.0. The first-order valence-corrected chi connectivity index (χ1v) is 10.5. The van der Waals surface area contributed by atoms with Crippen molar-refractivity contribution in [1.29, 1.82) is 0 Å². The molecule has 2 aromatic rings. The van der Waals surface area contributed by atoms with E-state index in [1.54, 1.807) is 0 Å². The van der Waals surface area contributed by atoms with Crippen molar-refractivity contribution < 1.29 is 9.47 Å². The van der Waals surface area contributed by atoms with E-state index in [4.69, 9.17) is 26.8 Å². The van der Waals surface area contributed by atoms with Gasteiger partial charge in [0.15, 0.2) is 0 Å². The third-order valence-corrected chi connectivity index (χ3v) is 6.40. The Hall–Kier alpha value is -2.09. The van der Waals surface area contributed by atoms with E-state index < -0.39 is 0 Å². The minimum atomic E-state index is -0.0180. The molecule has 1 atom stereocenters. The first kappa shape index (κ1) is 18.9. The summed E-state index contributed by atoms with van der Waals surface area (Å²) in [5, 5.41) is 0.757. The normalized spacial score (nSPS) is 23.4. The predicted octanol–water partition coefficient (Wildman–Crippen LogP) is 2.83. The largest absolute Gasteiger partial charge is 0.380 e. The maximum atomic E-state index is 6.78. The van der Waals surface area contributed by atoms with Crippen LogP contribution in [0.4, 0.5) is 17.5 Å². The van der Waals surface area contributed by atoms with Crippen molar-refractivity contribution in [3.8, 4) is 0 Å². The standard InChI is InChI=1S/C21H26ClN5O2/c1-14-7-19(25-20(23)24-14)27-5-2-6-28-9-18(27)16-4-3-15(8-17(16)22)26-10-21(11-26)12-29-13-21/h3-4,7-8,18H,2,5-6,9-13H2,1H3,(H2,23,24,25)/t18-/m1/s1. The summed E-state index contributed by atoms with van der Waals surface area (Å²) in [6.45, 7) is 7.89. The van der Waals surface area contributed by atoms with Crippen molar-refractivity contribution >= 4 is 29.1 Å². The average molecular weight is 416 g/mol. The summed E-state index contributed by atoms with van der Waals surface area (Å²) in [5.74, 6) is 1.11. The van der Waals surface area contributed by atoms with E-state index in [1.807, 2.05) is 13.0 Å². The summed E-state index contributed by atoms with van der Waals surface area (Å²) in [4.78, 5) is 13.3. The van der Waals surface area contributed by atoms with E-state index in [-0.39, 0.29) is 12.0 Å². The lowest BCUT2D eigenvalue weighted by molar-refractivity contribution is -0.127. The van der Waals surface area contributed by atoms with Crippen LogP contribution in [-0.2, 0) is 9.47 Å². The number of nitrogen functional groups attached to an aromatic ring is 1. The van der Waals surface area contributed by atoms with Gasteiger partial charge < -0.3 is 25.0 Å². The van der Waals surface area contributed by atoms with Crippen molar-refractivity contribution in [3.05, 3.63) is 40.5 Å². The lowest BCUT2D eigenvalue weighted by atomic mass is 9.78. The smallest absolute Gasteiger partial charge is 0.222 e. The molecule has 0 unspecified atom stereocenters. The Morgan fingerprint density at radius 1 is 1.17 bits per heavy atom. The van der Waals surface area contributed by atoms with Gasteiger partial charge in [-0.05, 0) is 31.0 Å². The van der Waals surface area contributed by atoms with E-state index in [0.717, 1.165) is 68.0 Å². The molecule has 0 saturated carbocycles. The molecule has 0 aliphatic carbocycles. The number of anilines is 3. The van der Waals surface area contributed by atoms with Crippen LogP contribution in [-0.4, -0.2) is 56.0 Å². The van der Waals surface area contributed by atoms with Crippen molar-refractivity contribution in [3.63, 3.8) is 0 Å². The maximum Gasteiger partial charge on any atom is 0.222 e. The van der Waals surface area contributed by atoms with Crippen molar-refractivity contribution in [2.45, 2.75) is 19.4 Å². The molecule has 0 radical (unpaired) electrons. The molecule has 3 aliphatic rings. The van der Waals surface area contributed by atoms with Crippen LogP contribution in [0.3, 0.4) is 0 Å². The quantitative estimate of drug-likeness (QED) is 0.825. The Bertz CT molecular complexity index is 892. The SMILES string of the molecule is Cc1cc(N2CCCOC[C@@H]2c2ccc(N3CC4(COC4)C3)cc2Cl)nc(N)n1. The summed E-state index contributed by atoms with van der Waals surface area (Å²) in [6, 6.07) is 8.32. The van der Waals surface area contributed by atoms with E-state index in [0.29, 0.717) is 12.0 Å². The molecule has 1 aromatic carbocycles. The fraction of sp³-hybridized carbons (Fsp3) is 0.524. The third-order valence-electron chi connectivity index (χ3n) is 6.07. The minimum Gasteiger partial charge on any atom is -0.380 e. The fourth-order valence-electron chi connectivity index (χ4n) is 4.53. The van der Waals surface area contributed by atoms with Gasteiger partial charge in [-0.25, -0.2) is 4.98 Å². The summed E-state index contributed by atoms with van der Waals surface area (Å²) in [6.07, 6.45) is 0.924. The number of hydrogen-bond donors (Lipinski definition) is 1. The second-order valence-corrected chi connectivity index (χ2v) is 8.83. The number of nitrogens with two attached hydrogens (primary N) is 1. The zero-order valence-electron chi connectivity index (χ0n) is 16.6. The van der Waals surface area contributed by atoms with Crippen LogP contribution in [0, 0.1) is 12.3 Å². The highest BCUT2D eigenvalue weighted by Crippen LogP contribution is 2.42. The van der Waals surface area contributed by atoms with Gasteiger partial charge >= 0.3 is 0 Å². The van der Waals surface area contributed by atoms with Crippen molar-refractivity contribution in [1.82, 2.24) is 9.97 Å². The second kappa shape index (κ2) is 7.31. The van der Waals surface area contributed by atoms with E-state index in [2.05, 4.69) is 38.0 Å². The number of halogens is 1. The zero-order valence-corrected chi connectivity index (χ0v) is 17.4. The fourth-order valence-corrected chi connectivity index (χ4v) is 4.83. The molecule has 3 saturated heterocycles. The number of ether oxygens (including phenoxy) is 2. The van der Waals surface area contributed by atoms with E-state index >= 15 is 0 Å². The van der Waals surface area contributed by atoms with Crippen LogP contribution in [0.25, 0.3) is 0 Å². The van der Waals surface area contributed by atoms with Gasteiger partial charge in [-0.15, -0.1) is 0 Å². The van der Waals surface area contributed by atoms with Gasteiger partial charge in [0.1, 0.15) is 5.82 Å². The topological polar surface area (TPSA) is 76.7 Å². The molecule has 7 nitrogen and oxygen atoms in total. The van der Waals surface area contributed by atoms with Crippen molar-refractivity contribution in [2.24, 2.45) is 5.41 Å². The van der Waals surface area contributed by atoms with E-state index in [9.17, 15) is 0 Å². The van der Waals surface area contributed by atoms with Crippen LogP contribution in [0.15, 0.2) is 24.3 Å². The number of hydrogen-bond acceptors (Lipinski definition) is 7. The van der Waals surface area contributed by atoms with Crippen LogP contribution in [0.5, 0.6) is 0 Å². The first-order chi connectivity index (χ1) is 14.0. The van der Waals surface area contributed by atoms with Crippen LogP contribution >= 0.6 is 11.6 Å². The van der Waals surface area contributed by atoms with Crippen LogP contribution < -0.4 is 15.5 Å². The Morgan fingerprint density at radius 2 is 2.00 bits per heavy atom. The Balaban J connectivity index is 1.42. The molecule has 1 aromatic heterocycles. The highest BCUT2D eigenvalue weighted by atomic mass is 35.5. The lowest BCUT2D eigenvalue weighted by Crippen LogP contribution is -2.66. The number of aryl methyl sites for hydroxylation is 1. The van der Waals surface area contributed by atoms with E-state index in [1.165, 1.54) is 5.69 Å². The van der Waals surface area contributed by atoms with Crippen molar-refractivity contribution in [2.75, 3.05) is 61.6 Å². The van der Waals surface area contributed by atoms with Gasteiger partial charge in [0.2, 0.25) is 5.95 Å². The maximum absolute atomic E-state index is 6.78. The van der Waals surface area contributed by atoms with Gasteiger partial charge in [0, 0.05) is 48.7 Å². The molecule has 0 bridgehead atoms. The molecule has 4 heterocycles. The van der Waals surface area contributed by atoms with Crippen LogP contribution in [0.2, 0.25) is 5.02 Å². The molecule has 29 heavy (non-hydrogen) atoms. The Morgan fingerprint density at radius 3 is 2.69 bits per heavy atom. The molecular formula is C21H26ClN5O2. The number of aromatic nitrogens is 2. The number of nitrogens with zero attached hydrogens (tertiary/aromatic N) is 4. The summed E-state index contributed by atoms with van der Waals surface area (Å²) >= 11 is 6.78. The average Bonchev–Trinajstić information content (AvgIpc) is 2.84. The van der Waals surface area contributed by atoms with Gasteiger partial charge in [-0.1, -0.05) is 17.7 Å². The molecular weight excluding hydrogens is 390 g/mol. The molecule has 5 rings (SSSR count). The Labute approximate surface area is 175 Å². The molecule has 3 aliphatic heterocycles. The molecule has 3 fully saturated rings. The van der Waals surface area contributed by atoms with Gasteiger partial charge in [-0.2, -0.15) is 4.98 Å². The minimum absolute atomic E-state index is 0.0180. The molecule has 1 spiro atoms. The van der Waals surface area contributed by atoms with Crippen LogP contribution in [0.1, 0.15) is 23.7 Å². The highest BCUT2D eigenvalue weighted by molar-refractivity contribution is 6.31. The molecule has 8 heteroatoms. The molecule has 154 valence electrons. The summed E-state index contributed by atoms with van der Waals surface area (Å²) in [5.41, 5.74) is 9.36. The highest BCUT2D eigenvalue weighted by Gasteiger charge is 2.49. The summed E-state index contributed by atoms with van der Waals surface area (Å²) in [7, 11) is 0. The third kappa shape index (κ3) is 3.52. The molecule has 0 amide bonds. The van der Waals surface area contributed by atoms with Gasteiger partial charge in [0.05, 0.1) is 31.3 Å². The monoisotopic (exact) mass is 415 g/mol. The predicted molar refractivity (Wildman–Crippen MR) is 114 cm³/mol. The second-order valence-electron chi connectivity index (χ2n) is 8.42. The van der Waals surface area contributed by atoms with Gasteiger partial charge in [-0.3, -0.25) is 0 Å². The summed E-state index contributed by atoms with van der Waals surface area (Å²) < 4.78 is 11.3. The Kier molecular flexibility index (Phi) is 4.76. The lowest BCUT2D eigenvalue weighted by Gasteiger charge is -2.56. The van der Waals surface area contributed by atoms with Gasteiger partial charge in [0.25, 0.3) is 0 Å². The number of benzene rings is 1. The number of rotatable bonds is 3.